The van der Waals surface area contributed by atoms with E-state index in [1.165, 1.54) is 6.07 Å². The highest BCUT2D eigenvalue weighted by Crippen LogP contribution is 2.30. The van der Waals surface area contributed by atoms with Gasteiger partial charge in [-0.15, -0.1) is 0 Å². The minimum atomic E-state index is -0.426. The Morgan fingerprint density at radius 2 is 2.03 bits per heavy atom. The monoisotopic (exact) mass is 430 g/mol. The van der Waals surface area contributed by atoms with E-state index in [-0.39, 0.29) is 29.4 Å². The van der Waals surface area contributed by atoms with Crippen LogP contribution in [-0.2, 0) is 16.0 Å². The van der Waals surface area contributed by atoms with E-state index in [9.17, 15) is 14.0 Å². The highest BCUT2D eigenvalue weighted by atomic mass is 35.5. The standard InChI is InChI=1S/C22H24ClFN4O2/c1-14-12-28(17-5-6-18(23)19(24)11-17)8-7-27(14)13-21(29)25-16-4-3-15-9-22(30)26(2)20(15)10-16/h3-6,10-11,14H,7-9,12-13H2,1-2H3,(H,25,29)/t14-/m1/s1. The lowest BCUT2D eigenvalue weighted by Crippen LogP contribution is -2.53. The Kier molecular flexibility index (Phi) is 5.66. The maximum absolute atomic E-state index is 13.8. The second-order valence-corrected chi connectivity index (χ2v) is 8.29. The molecule has 0 bridgehead atoms. The summed E-state index contributed by atoms with van der Waals surface area (Å²) in [5.74, 6) is -0.467. The first-order valence-corrected chi connectivity index (χ1v) is 10.3. The van der Waals surface area contributed by atoms with Gasteiger partial charge in [-0.25, -0.2) is 4.39 Å². The van der Waals surface area contributed by atoms with Crippen molar-refractivity contribution in [2.24, 2.45) is 0 Å². The third-order valence-electron chi connectivity index (χ3n) is 5.83. The molecule has 1 fully saturated rings. The van der Waals surface area contributed by atoms with Gasteiger partial charge in [-0.1, -0.05) is 17.7 Å². The van der Waals surface area contributed by atoms with Gasteiger partial charge in [0.15, 0.2) is 0 Å². The van der Waals surface area contributed by atoms with E-state index in [1.54, 1.807) is 18.0 Å². The van der Waals surface area contributed by atoms with Crippen LogP contribution in [0.25, 0.3) is 0 Å². The van der Waals surface area contributed by atoms with Crippen LogP contribution in [0, 0.1) is 5.82 Å². The van der Waals surface area contributed by atoms with Crippen molar-refractivity contribution >= 4 is 40.5 Å². The number of nitrogens with zero attached hydrogens (tertiary/aromatic N) is 3. The summed E-state index contributed by atoms with van der Waals surface area (Å²) >= 11 is 5.78. The second kappa shape index (κ2) is 8.24. The molecule has 158 valence electrons. The fourth-order valence-corrected chi connectivity index (χ4v) is 4.17. The van der Waals surface area contributed by atoms with Crippen molar-refractivity contribution in [1.29, 1.82) is 0 Å². The Morgan fingerprint density at radius 3 is 2.77 bits per heavy atom. The van der Waals surface area contributed by atoms with E-state index in [0.29, 0.717) is 31.7 Å². The highest BCUT2D eigenvalue weighted by Gasteiger charge is 2.27. The topological polar surface area (TPSA) is 55.9 Å². The molecule has 0 aromatic heterocycles. The van der Waals surface area contributed by atoms with Crippen LogP contribution in [0.4, 0.5) is 21.5 Å². The minimum Gasteiger partial charge on any atom is -0.369 e. The number of likely N-dealkylation sites (N-methyl/N-ethyl adjacent to an activating group) is 1. The number of rotatable bonds is 4. The van der Waals surface area contributed by atoms with Crippen LogP contribution in [0.2, 0.25) is 5.02 Å². The van der Waals surface area contributed by atoms with E-state index in [0.717, 1.165) is 16.9 Å². The molecule has 0 saturated carbocycles. The first-order chi connectivity index (χ1) is 14.3. The Morgan fingerprint density at radius 1 is 1.23 bits per heavy atom. The van der Waals surface area contributed by atoms with Crippen LogP contribution in [0.3, 0.4) is 0 Å². The van der Waals surface area contributed by atoms with Gasteiger partial charge in [0.1, 0.15) is 5.82 Å². The summed E-state index contributed by atoms with van der Waals surface area (Å²) in [6, 6.07) is 10.5. The van der Waals surface area contributed by atoms with Gasteiger partial charge in [-0.05, 0) is 42.8 Å². The maximum Gasteiger partial charge on any atom is 0.238 e. The normalized spacial score (nSPS) is 19.2. The molecule has 8 heteroatoms. The number of anilines is 3. The first kappa shape index (κ1) is 20.6. The Hall–Kier alpha value is -2.64. The molecule has 2 aromatic rings. The van der Waals surface area contributed by atoms with E-state index in [2.05, 4.69) is 22.0 Å². The minimum absolute atomic E-state index is 0.0562. The van der Waals surface area contributed by atoms with Crippen LogP contribution >= 0.6 is 11.6 Å². The summed E-state index contributed by atoms with van der Waals surface area (Å²) < 4.78 is 13.8. The third kappa shape index (κ3) is 4.13. The molecule has 1 atom stereocenters. The lowest BCUT2D eigenvalue weighted by molar-refractivity contribution is -0.118. The molecular weight excluding hydrogens is 407 g/mol. The fourth-order valence-electron chi connectivity index (χ4n) is 4.05. The molecule has 2 amide bonds. The zero-order chi connectivity index (χ0) is 21.4. The third-order valence-corrected chi connectivity index (χ3v) is 6.13. The molecular formula is C22H24ClFN4O2. The number of nitrogens with one attached hydrogen (secondary N) is 1. The van der Waals surface area contributed by atoms with E-state index >= 15 is 0 Å². The largest absolute Gasteiger partial charge is 0.369 e. The molecule has 2 aliphatic rings. The van der Waals surface area contributed by atoms with Crippen molar-refractivity contribution in [2.75, 3.05) is 48.3 Å². The lowest BCUT2D eigenvalue weighted by atomic mass is 10.1. The molecule has 30 heavy (non-hydrogen) atoms. The molecule has 2 aliphatic heterocycles. The number of carbonyl (C=O) groups excluding carboxylic acids is 2. The number of hydrogen-bond acceptors (Lipinski definition) is 4. The van der Waals surface area contributed by atoms with Gasteiger partial charge in [0.2, 0.25) is 11.8 Å². The Labute approximate surface area is 180 Å². The second-order valence-electron chi connectivity index (χ2n) is 7.89. The zero-order valence-corrected chi connectivity index (χ0v) is 17.7. The molecule has 1 N–H and O–H groups in total. The number of amides is 2. The summed E-state index contributed by atoms with van der Waals surface area (Å²) in [6.07, 6.45) is 0.402. The Balaban J connectivity index is 1.35. The molecule has 0 aliphatic carbocycles. The van der Waals surface area contributed by atoms with Gasteiger partial charge >= 0.3 is 0 Å². The van der Waals surface area contributed by atoms with Crippen molar-refractivity contribution in [1.82, 2.24) is 4.90 Å². The van der Waals surface area contributed by atoms with E-state index in [4.69, 9.17) is 11.6 Å². The van der Waals surface area contributed by atoms with Gasteiger partial charge in [0.25, 0.3) is 0 Å². The highest BCUT2D eigenvalue weighted by molar-refractivity contribution is 6.30. The van der Waals surface area contributed by atoms with E-state index in [1.807, 2.05) is 24.3 Å². The number of piperazine rings is 1. The number of fused-ring (bicyclic) bond motifs is 1. The summed E-state index contributed by atoms with van der Waals surface area (Å²) in [4.78, 5) is 30.3. The molecule has 6 nitrogen and oxygen atoms in total. The summed E-state index contributed by atoms with van der Waals surface area (Å²) in [6.45, 7) is 4.42. The average Bonchev–Trinajstić information content (AvgIpc) is 2.99. The zero-order valence-electron chi connectivity index (χ0n) is 17.0. The smallest absolute Gasteiger partial charge is 0.238 e. The van der Waals surface area contributed by atoms with Crippen molar-refractivity contribution in [3.63, 3.8) is 0 Å². The van der Waals surface area contributed by atoms with E-state index < -0.39 is 5.82 Å². The van der Waals surface area contributed by atoms with Gasteiger partial charge in [0.05, 0.1) is 18.0 Å². The predicted molar refractivity (Wildman–Crippen MR) is 117 cm³/mol. The number of halogens is 2. The van der Waals surface area contributed by atoms with Crippen LogP contribution < -0.4 is 15.1 Å². The van der Waals surface area contributed by atoms with Crippen LogP contribution in [0.1, 0.15) is 12.5 Å². The van der Waals surface area contributed by atoms with Crippen molar-refractivity contribution in [2.45, 2.75) is 19.4 Å². The number of benzene rings is 2. The van der Waals surface area contributed by atoms with Crippen LogP contribution in [0.15, 0.2) is 36.4 Å². The van der Waals surface area contributed by atoms with Gasteiger partial charge in [-0.2, -0.15) is 0 Å². The molecule has 0 radical (unpaired) electrons. The average molecular weight is 431 g/mol. The van der Waals surface area contributed by atoms with Gasteiger partial charge in [0, 0.05) is 49.8 Å². The van der Waals surface area contributed by atoms with Gasteiger partial charge < -0.3 is 15.1 Å². The number of carbonyl (C=O) groups is 2. The molecule has 0 spiro atoms. The summed E-state index contributed by atoms with van der Waals surface area (Å²) in [5, 5.41) is 3.05. The predicted octanol–water partition coefficient (Wildman–Crippen LogP) is 3.15. The molecule has 4 rings (SSSR count). The molecule has 0 unspecified atom stereocenters. The molecule has 1 saturated heterocycles. The number of hydrogen-bond donors (Lipinski definition) is 1. The van der Waals surface area contributed by atoms with Crippen molar-refractivity contribution in [3.05, 3.63) is 52.8 Å². The Bertz CT molecular complexity index is 999. The molecule has 2 aromatic carbocycles. The quantitative estimate of drug-likeness (QED) is 0.809. The van der Waals surface area contributed by atoms with Gasteiger partial charge in [-0.3, -0.25) is 14.5 Å². The first-order valence-electron chi connectivity index (χ1n) is 9.95. The van der Waals surface area contributed by atoms with Crippen molar-refractivity contribution < 1.29 is 14.0 Å². The van der Waals surface area contributed by atoms with Crippen LogP contribution in [0.5, 0.6) is 0 Å². The maximum atomic E-state index is 13.8. The molecule has 2 heterocycles. The SMILES string of the molecule is C[C@@H]1CN(c2ccc(Cl)c(F)c2)CCN1CC(=O)Nc1ccc2c(c1)N(C)C(=O)C2. The fraction of sp³-hybridized carbons (Fsp3) is 0.364. The van der Waals surface area contributed by atoms with Crippen LogP contribution in [-0.4, -0.2) is 56.0 Å². The lowest BCUT2D eigenvalue weighted by Gasteiger charge is -2.40. The summed E-state index contributed by atoms with van der Waals surface area (Å²) in [5.41, 5.74) is 3.30. The summed E-state index contributed by atoms with van der Waals surface area (Å²) in [7, 11) is 1.74. The van der Waals surface area contributed by atoms with Crippen molar-refractivity contribution in [3.8, 4) is 0 Å².